The third-order valence-electron chi connectivity index (χ3n) is 2.85. The minimum Gasteiger partial charge on any atom is -0.484 e. The molecule has 0 unspecified atom stereocenters. The highest BCUT2D eigenvalue weighted by Gasteiger charge is 2.06. The summed E-state index contributed by atoms with van der Waals surface area (Å²) >= 11 is 17.7. The molecule has 0 saturated carbocycles. The van der Waals surface area contributed by atoms with Crippen molar-refractivity contribution in [2.24, 2.45) is 5.10 Å². The highest BCUT2D eigenvalue weighted by molar-refractivity contribution is 6.37. The lowest BCUT2D eigenvalue weighted by Gasteiger charge is -2.07. The maximum Gasteiger partial charge on any atom is 0.277 e. The van der Waals surface area contributed by atoms with E-state index in [2.05, 4.69) is 10.5 Å². The van der Waals surface area contributed by atoms with Gasteiger partial charge >= 0.3 is 0 Å². The van der Waals surface area contributed by atoms with Gasteiger partial charge in [-0.2, -0.15) is 5.10 Å². The summed E-state index contributed by atoms with van der Waals surface area (Å²) in [6.45, 7) is 1.57. The van der Waals surface area contributed by atoms with Gasteiger partial charge in [-0.3, -0.25) is 4.79 Å². The van der Waals surface area contributed by atoms with Gasteiger partial charge in [0.25, 0.3) is 5.91 Å². The minimum absolute atomic E-state index is 0.160. The highest BCUT2D eigenvalue weighted by Crippen LogP contribution is 2.21. The van der Waals surface area contributed by atoms with Crippen LogP contribution in [0.1, 0.15) is 12.5 Å². The van der Waals surface area contributed by atoms with Crippen molar-refractivity contribution in [2.75, 3.05) is 6.61 Å². The van der Waals surface area contributed by atoms with Crippen molar-refractivity contribution in [3.05, 3.63) is 63.1 Å². The Kier molecular flexibility index (Phi) is 6.28. The zero-order valence-corrected chi connectivity index (χ0v) is 14.4. The van der Waals surface area contributed by atoms with Gasteiger partial charge in [0.2, 0.25) is 0 Å². The molecule has 0 bridgehead atoms. The smallest absolute Gasteiger partial charge is 0.277 e. The molecule has 2 aromatic rings. The molecule has 23 heavy (non-hydrogen) atoms. The fourth-order valence-electron chi connectivity index (χ4n) is 1.70. The lowest BCUT2D eigenvalue weighted by molar-refractivity contribution is -0.123. The van der Waals surface area contributed by atoms with E-state index >= 15 is 0 Å². The standard InChI is InChI=1S/C16H13Cl3N2O2/c1-10(14-7-4-12(18)8-15(14)19)20-21-16(22)9-23-13-5-2-11(17)3-6-13/h2-8H,9H2,1H3,(H,21,22)/b20-10+. The van der Waals surface area contributed by atoms with Crippen LogP contribution in [0.5, 0.6) is 5.75 Å². The van der Waals surface area contributed by atoms with Crippen LogP contribution in [-0.4, -0.2) is 18.2 Å². The van der Waals surface area contributed by atoms with Crippen LogP contribution in [0.15, 0.2) is 47.6 Å². The van der Waals surface area contributed by atoms with E-state index < -0.39 is 0 Å². The lowest BCUT2D eigenvalue weighted by atomic mass is 10.1. The Balaban J connectivity index is 1.90. The third-order valence-corrected chi connectivity index (χ3v) is 3.65. The van der Waals surface area contributed by atoms with Crippen molar-refractivity contribution in [1.82, 2.24) is 5.43 Å². The molecule has 0 aliphatic rings. The van der Waals surface area contributed by atoms with Crippen LogP contribution >= 0.6 is 34.8 Å². The number of hydrogen-bond acceptors (Lipinski definition) is 3. The first-order chi connectivity index (χ1) is 11.0. The first kappa shape index (κ1) is 17.6. The number of nitrogens with one attached hydrogen (secondary N) is 1. The maximum absolute atomic E-state index is 11.7. The van der Waals surface area contributed by atoms with Gasteiger partial charge in [-0.15, -0.1) is 0 Å². The minimum atomic E-state index is -0.385. The van der Waals surface area contributed by atoms with Crippen LogP contribution in [-0.2, 0) is 4.79 Å². The van der Waals surface area contributed by atoms with Crippen LogP contribution in [0.3, 0.4) is 0 Å². The largest absolute Gasteiger partial charge is 0.484 e. The Morgan fingerprint density at radius 3 is 2.39 bits per heavy atom. The van der Waals surface area contributed by atoms with Crippen molar-refractivity contribution in [1.29, 1.82) is 0 Å². The molecule has 120 valence electrons. The van der Waals surface area contributed by atoms with Gasteiger partial charge in [-0.05, 0) is 43.3 Å². The summed E-state index contributed by atoms with van der Waals surface area (Å²) < 4.78 is 5.32. The maximum atomic E-state index is 11.7. The molecule has 0 aromatic heterocycles. The van der Waals surface area contributed by atoms with Gasteiger partial charge in [0.05, 0.1) is 10.7 Å². The molecule has 1 amide bonds. The Morgan fingerprint density at radius 1 is 1.09 bits per heavy atom. The predicted octanol–water partition coefficient (Wildman–Crippen LogP) is 4.57. The van der Waals surface area contributed by atoms with Gasteiger partial charge in [0.1, 0.15) is 5.75 Å². The summed E-state index contributed by atoms with van der Waals surface area (Å²) in [5, 5.41) is 5.60. The van der Waals surface area contributed by atoms with Crippen LogP contribution in [0, 0.1) is 0 Å². The summed E-state index contributed by atoms with van der Waals surface area (Å²) in [5.41, 5.74) is 3.66. The van der Waals surface area contributed by atoms with Crippen molar-refractivity contribution < 1.29 is 9.53 Å². The summed E-state index contributed by atoms with van der Waals surface area (Å²) in [4.78, 5) is 11.7. The quantitative estimate of drug-likeness (QED) is 0.618. The molecule has 0 aliphatic heterocycles. The molecule has 2 aromatic carbocycles. The van der Waals surface area contributed by atoms with E-state index in [0.717, 1.165) is 0 Å². The van der Waals surface area contributed by atoms with E-state index in [1.54, 1.807) is 49.4 Å². The monoisotopic (exact) mass is 370 g/mol. The lowest BCUT2D eigenvalue weighted by Crippen LogP contribution is -2.25. The molecule has 0 fully saturated rings. The van der Waals surface area contributed by atoms with Crippen LogP contribution in [0.4, 0.5) is 0 Å². The number of rotatable bonds is 5. The zero-order chi connectivity index (χ0) is 16.8. The fourth-order valence-corrected chi connectivity index (χ4v) is 2.37. The Morgan fingerprint density at radius 2 is 1.74 bits per heavy atom. The second-order valence-electron chi connectivity index (χ2n) is 4.60. The molecular formula is C16H13Cl3N2O2. The van der Waals surface area contributed by atoms with Gasteiger partial charge in [0.15, 0.2) is 6.61 Å². The Labute approximate surface area is 149 Å². The molecule has 4 nitrogen and oxygen atoms in total. The Bertz CT molecular complexity index is 731. The number of benzene rings is 2. The first-order valence-corrected chi connectivity index (χ1v) is 7.76. The second-order valence-corrected chi connectivity index (χ2v) is 5.88. The number of hydrogen-bond donors (Lipinski definition) is 1. The van der Waals surface area contributed by atoms with Gasteiger partial charge in [-0.25, -0.2) is 5.43 Å². The van der Waals surface area contributed by atoms with Gasteiger partial charge < -0.3 is 4.74 Å². The van der Waals surface area contributed by atoms with E-state index in [0.29, 0.717) is 32.1 Å². The van der Waals surface area contributed by atoms with Gasteiger partial charge in [-0.1, -0.05) is 40.9 Å². The third kappa shape index (κ3) is 5.43. The molecule has 0 heterocycles. The normalized spacial score (nSPS) is 11.2. The number of nitrogens with zero attached hydrogens (tertiary/aromatic N) is 1. The molecule has 2 rings (SSSR count). The molecule has 0 spiro atoms. The summed E-state index contributed by atoms with van der Waals surface area (Å²) in [6, 6.07) is 11.8. The van der Waals surface area contributed by atoms with Crippen LogP contribution in [0.2, 0.25) is 15.1 Å². The molecule has 0 aliphatic carbocycles. The number of hydrazone groups is 1. The van der Waals surface area contributed by atoms with E-state index in [-0.39, 0.29) is 12.5 Å². The predicted molar refractivity (Wildman–Crippen MR) is 93.8 cm³/mol. The second kappa shape index (κ2) is 8.20. The molecular weight excluding hydrogens is 359 g/mol. The van der Waals surface area contributed by atoms with Crippen LogP contribution < -0.4 is 10.2 Å². The number of amides is 1. The van der Waals surface area contributed by atoms with Crippen molar-refractivity contribution in [3.63, 3.8) is 0 Å². The average molecular weight is 372 g/mol. The molecule has 0 saturated heterocycles. The molecule has 0 radical (unpaired) electrons. The van der Waals surface area contributed by atoms with Gasteiger partial charge in [0, 0.05) is 15.6 Å². The topological polar surface area (TPSA) is 50.7 Å². The van der Waals surface area contributed by atoms with Crippen LogP contribution in [0.25, 0.3) is 0 Å². The summed E-state index contributed by atoms with van der Waals surface area (Å²) in [5.74, 6) is 0.162. The fraction of sp³-hybridized carbons (Fsp3) is 0.125. The summed E-state index contributed by atoms with van der Waals surface area (Å²) in [7, 11) is 0. The molecule has 7 heteroatoms. The average Bonchev–Trinajstić information content (AvgIpc) is 2.52. The molecule has 0 atom stereocenters. The summed E-state index contributed by atoms with van der Waals surface area (Å²) in [6.07, 6.45) is 0. The number of ether oxygens (including phenoxy) is 1. The van der Waals surface area contributed by atoms with E-state index in [1.807, 2.05) is 0 Å². The Hall–Kier alpha value is -1.75. The van der Waals surface area contributed by atoms with Crippen molar-refractivity contribution in [3.8, 4) is 5.75 Å². The highest BCUT2D eigenvalue weighted by atomic mass is 35.5. The van der Waals surface area contributed by atoms with Crippen molar-refractivity contribution >= 4 is 46.4 Å². The van der Waals surface area contributed by atoms with Crippen molar-refractivity contribution in [2.45, 2.75) is 6.92 Å². The zero-order valence-electron chi connectivity index (χ0n) is 12.1. The number of carbonyl (C=O) groups excluding carboxylic acids is 1. The van der Waals surface area contributed by atoms with E-state index in [9.17, 15) is 4.79 Å². The van der Waals surface area contributed by atoms with E-state index in [4.69, 9.17) is 39.5 Å². The van der Waals surface area contributed by atoms with E-state index in [1.165, 1.54) is 0 Å². The SMILES string of the molecule is C/C(=N\NC(=O)COc1ccc(Cl)cc1)c1ccc(Cl)cc1Cl. The number of carbonyl (C=O) groups is 1. The first-order valence-electron chi connectivity index (χ1n) is 6.62. The number of halogens is 3. The molecule has 1 N–H and O–H groups in total.